The van der Waals surface area contributed by atoms with Crippen molar-refractivity contribution in [2.45, 2.75) is 6.61 Å². The van der Waals surface area contributed by atoms with Crippen LogP contribution in [-0.4, -0.2) is 20.8 Å². The normalized spacial score (nSPS) is 11.5. The van der Waals surface area contributed by atoms with Crippen LogP contribution in [0.4, 0.5) is 5.69 Å². The van der Waals surface area contributed by atoms with Crippen molar-refractivity contribution in [3.8, 4) is 17.3 Å². The van der Waals surface area contributed by atoms with Crippen LogP contribution in [0.15, 0.2) is 99.2 Å². The van der Waals surface area contributed by atoms with Gasteiger partial charge in [-0.2, -0.15) is 9.78 Å². The minimum atomic E-state index is -0.611. The summed E-state index contributed by atoms with van der Waals surface area (Å²) in [6.07, 6.45) is 1.28. The molecule has 42 heavy (non-hydrogen) atoms. The predicted octanol–water partition coefficient (Wildman–Crippen LogP) is 8.14. The van der Waals surface area contributed by atoms with Gasteiger partial charge in [0.2, 0.25) is 11.6 Å². The van der Waals surface area contributed by atoms with E-state index in [0.29, 0.717) is 37.5 Å². The molecule has 0 fully saturated rings. The Balaban J connectivity index is 1.42. The Morgan fingerprint density at radius 2 is 1.76 bits per heavy atom. The van der Waals surface area contributed by atoms with Gasteiger partial charge in [0.05, 0.1) is 27.1 Å². The van der Waals surface area contributed by atoms with Crippen LogP contribution in [0, 0.1) is 10.1 Å². The molecule has 6 rings (SSSR count). The second-order valence-electron chi connectivity index (χ2n) is 9.10. The van der Waals surface area contributed by atoms with Crippen molar-refractivity contribution < 1.29 is 14.1 Å². The largest absolute Gasteiger partial charge is 0.481 e. The molecule has 0 bridgehead atoms. The standard InChI is InChI=1S/C30H17Cl3N4O5/c31-20-9-10-26-19(13-20)14-27(42-26)29-35-24-8-4-2-6-21(24)30(38)36(29)34-15-17-11-23(33)28(25(12-17)37(39)40)41-16-18-5-1-3-7-22(18)32/h1-15H,16H2. The highest BCUT2D eigenvalue weighted by Gasteiger charge is 2.22. The van der Waals surface area contributed by atoms with E-state index >= 15 is 0 Å². The Labute approximate surface area is 252 Å². The highest BCUT2D eigenvalue weighted by molar-refractivity contribution is 6.33. The van der Waals surface area contributed by atoms with Gasteiger partial charge in [-0.25, -0.2) is 4.98 Å². The van der Waals surface area contributed by atoms with Crippen LogP contribution < -0.4 is 10.3 Å². The molecule has 12 heteroatoms. The Morgan fingerprint density at radius 3 is 2.57 bits per heavy atom. The maximum Gasteiger partial charge on any atom is 0.313 e. The summed E-state index contributed by atoms with van der Waals surface area (Å²) >= 11 is 18.7. The third-order valence-corrected chi connectivity index (χ3v) is 7.23. The number of hydrogen-bond acceptors (Lipinski definition) is 7. The van der Waals surface area contributed by atoms with Crippen molar-refractivity contribution in [3.05, 3.63) is 132 Å². The van der Waals surface area contributed by atoms with E-state index in [2.05, 4.69) is 10.1 Å². The van der Waals surface area contributed by atoms with Crippen molar-refractivity contribution in [1.29, 1.82) is 0 Å². The van der Waals surface area contributed by atoms with Crippen molar-refractivity contribution >= 4 is 68.6 Å². The SMILES string of the molecule is O=c1c2ccccc2nc(-c2cc3cc(Cl)ccc3o2)n1N=Cc1cc(Cl)c(OCc2ccccc2Cl)c([N+](=O)[O-])c1. The first-order valence-corrected chi connectivity index (χ1v) is 13.5. The lowest BCUT2D eigenvalue weighted by Gasteiger charge is -2.11. The van der Waals surface area contributed by atoms with E-state index in [0.717, 1.165) is 4.68 Å². The topological polar surface area (TPSA) is 113 Å². The summed E-state index contributed by atoms with van der Waals surface area (Å²) < 4.78 is 12.8. The van der Waals surface area contributed by atoms with Crippen LogP contribution >= 0.6 is 34.8 Å². The predicted molar refractivity (Wildman–Crippen MR) is 163 cm³/mol. The molecule has 0 unspecified atom stereocenters. The van der Waals surface area contributed by atoms with Crippen molar-refractivity contribution in [2.75, 3.05) is 0 Å². The Hall–Kier alpha value is -4.70. The summed E-state index contributed by atoms with van der Waals surface area (Å²) in [6, 6.07) is 23.3. The van der Waals surface area contributed by atoms with Crippen LogP contribution in [0.25, 0.3) is 33.5 Å². The highest BCUT2D eigenvalue weighted by atomic mass is 35.5. The van der Waals surface area contributed by atoms with Gasteiger partial charge in [-0.3, -0.25) is 14.9 Å². The van der Waals surface area contributed by atoms with E-state index in [1.54, 1.807) is 72.8 Å². The molecule has 0 amide bonds. The quantitative estimate of drug-likeness (QED) is 0.101. The summed E-state index contributed by atoms with van der Waals surface area (Å²) in [6.45, 7) is -0.0299. The summed E-state index contributed by atoms with van der Waals surface area (Å²) in [7, 11) is 0. The lowest BCUT2D eigenvalue weighted by molar-refractivity contribution is -0.385. The number of nitro groups is 1. The van der Waals surface area contributed by atoms with Gasteiger partial charge < -0.3 is 9.15 Å². The molecule has 0 aliphatic carbocycles. The van der Waals surface area contributed by atoms with Gasteiger partial charge in [0.15, 0.2) is 5.76 Å². The van der Waals surface area contributed by atoms with Crippen LogP contribution in [0.1, 0.15) is 11.1 Å². The highest BCUT2D eigenvalue weighted by Crippen LogP contribution is 2.37. The Kier molecular flexibility index (Phi) is 7.38. The molecular formula is C30H17Cl3N4O5. The van der Waals surface area contributed by atoms with Crippen LogP contribution in [-0.2, 0) is 6.61 Å². The monoisotopic (exact) mass is 618 g/mol. The first-order chi connectivity index (χ1) is 20.3. The van der Waals surface area contributed by atoms with Gasteiger partial charge in [-0.1, -0.05) is 65.1 Å². The van der Waals surface area contributed by atoms with E-state index < -0.39 is 10.5 Å². The molecule has 0 N–H and O–H groups in total. The average Bonchev–Trinajstić information content (AvgIpc) is 3.39. The summed E-state index contributed by atoms with van der Waals surface area (Å²) in [5.41, 5.74) is 1.03. The Bertz CT molecular complexity index is 2110. The minimum Gasteiger partial charge on any atom is -0.481 e. The second kappa shape index (κ2) is 11.3. The minimum absolute atomic E-state index is 0.0175. The van der Waals surface area contributed by atoms with Gasteiger partial charge >= 0.3 is 5.69 Å². The molecule has 0 saturated heterocycles. The molecule has 6 aromatic rings. The molecule has 0 radical (unpaired) electrons. The number of halogens is 3. The number of nitro benzene ring substituents is 1. The molecule has 0 aliphatic rings. The smallest absolute Gasteiger partial charge is 0.313 e. The zero-order valence-corrected chi connectivity index (χ0v) is 23.6. The number of benzene rings is 4. The summed E-state index contributed by atoms with van der Waals surface area (Å²) in [5.74, 6) is 0.284. The summed E-state index contributed by atoms with van der Waals surface area (Å²) in [4.78, 5) is 29.5. The van der Waals surface area contributed by atoms with Crippen molar-refractivity contribution in [3.63, 3.8) is 0 Å². The molecule has 9 nitrogen and oxygen atoms in total. The number of para-hydroxylation sites is 1. The Morgan fingerprint density at radius 1 is 0.976 bits per heavy atom. The second-order valence-corrected chi connectivity index (χ2v) is 10.3. The van der Waals surface area contributed by atoms with E-state index in [-0.39, 0.29) is 40.2 Å². The maximum atomic E-state index is 13.5. The third kappa shape index (κ3) is 5.33. The molecule has 0 aliphatic heterocycles. The first-order valence-electron chi connectivity index (χ1n) is 12.4. The number of fused-ring (bicyclic) bond motifs is 2. The molecule has 208 valence electrons. The molecule has 2 aromatic heterocycles. The van der Waals surface area contributed by atoms with Gasteiger partial charge in [0.25, 0.3) is 5.56 Å². The molecular weight excluding hydrogens is 603 g/mol. The number of furan rings is 1. The van der Waals surface area contributed by atoms with Crippen LogP contribution in [0.3, 0.4) is 0 Å². The number of rotatable bonds is 7. The first kappa shape index (κ1) is 27.5. The zero-order valence-electron chi connectivity index (χ0n) is 21.3. The molecule has 0 atom stereocenters. The fourth-order valence-electron chi connectivity index (χ4n) is 4.36. The lowest BCUT2D eigenvalue weighted by Crippen LogP contribution is -2.20. The number of aromatic nitrogens is 2. The fourth-order valence-corrected chi connectivity index (χ4v) is 5.01. The third-order valence-electron chi connectivity index (χ3n) is 6.35. The molecule has 0 saturated carbocycles. The zero-order chi connectivity index (χ0) is 29.4. The van der Waals surface area contributed by atoms with E-state index in [9.17, 15) is 14.9 Å². The lowest BCUT2D eigenvalue weighted by atomic mass is 10.2. The molecule has 4 aromatic carbocycles. The summed E-state index contributed by atoms with van der Waals surface area (Å²) in [5, 5.41) is 18.3. The average molecular weight is 620 g/mol. The van der Waals surface area contributed by atoms with Gasteiger partial charge in [-0.15, -0.1) is 0 Å². The maximum absolute atomic E-state index is 13.5. The van der Waals surface area contributed by atoms with E-state index in [1.165, 1.54) is 18.3 Å². The number of hydrogen-bond donors (Lipinski definition) is 0. The van der Waals surface area contributed by atoms with Crippen molar-refractivity contribution in [1.82, 2.24) is 9.66 Å². The van der Waals surface area contributed by atoms with Gasteiger partial charge in [-0.05, 0) is 48.5 Å². The van der Waals surface area contributed by atoms with Crippen molar-refractivity contribution in [2.24, 2.45) is 5.10 Å². The van der Waals surface area contributed by atoms with E-state index in [4.69, 9.17) is 44.0 Å². The number of nitrogens with zero attached hydrogens (tertiary/aromatic N) is 4. The van der Waals surface area contributed by atoms with Gasteiger partial charge in [0, 0.05) is 32.6 Å². The van der Waals surface area contributed by atoms with Crippen LogP contribution in [0.2, 0.25) is 15.1 Å². The fraction of sp³-hybridized carbons (Fsp3) is 0.0333. The molecule has 2 heterocycles. The van der Waals surface area contributed by atoms with Crippen LogP contribution in [0.5, 0.6) is 5.75 Å². The van der Waals surface area contributed by atoms with E-state index in [1.807, 2.05) is 0 Å². The number of ether oxygens (including phenoxy) is 1. The van der Waals surface area contributed by atoms with Gasteiger partial charge in [0.1, 0.15) is 12.2 Å². The molecule has 0 spiro atoms.